The number of aryl methyl sites for hydroxylation is 3. The highest BCUT2D eigenvalue weighted by atomic mass is 32.1. The number of hydrogen-bond acceptors (Lipinski definition) is 5. The van der Waals surface area contributed by atoms with Crippen LogP contribution in [-0.2, 0) is 0 Å². The van der Waals surface area contributed by atoms with Gasteiger partial charge in [-0.15, -0.1) is 11.3 Å². The van der Waals surface area contributed by atoms with Gasteiger partial charge < -0.3 is 10.2 Å². The van der Waals surface area contributed by atoms with Gasteiger partial charge in [-0.05, 0) is 44.9 Å². The molecule has 0 saturated heterocycles. The number of carbonyl (C=O) groups is 1. The number of aromatic nitrogens is 2. The normalized spacial score (nSPS) is 11.0. The van der Waals surface area contributed by atoms with Crippen molar-refractivity contribution in [3.63, 3.8) is 0 Å². The van der Waals surface area contributed by atoms with Gasteiger partial charge in [-0.3, -0.25) is 4.79 Å². The first kappa shape index (κ1) is 19.2. The van der Waals surface area contributed by atoms with Crippen LogP contribution in [0.25, 0.3) is 10.2 Å². The molecule has 1 N–H and O–H groups in total. The number of thiophene rings is 1. The standard InChI is InChI=1S/C20H23FN4OS/c1-12-17-13(2)23-14(3)24-20(17)27-18(12)19(26)22-10-7-11-25(4)16-9-6-5-8-15(16)21/h5-6,8-9H,7,10-11H2,1-4H3,(H,22,26). The summed E-state index contributed by atoms with van der Waals surface area (Å²) in [6, 6.07) is 6.69. The zero-order chi connectivity index (χ0) is 19.6. The van der Waals surface area contributed by atoms with Crippen molar-refractivity contribution < 1.29 is 9.18 Å². The number of anilines is 1. The lowest BCUT2D eigenvalue weighted by Gasteiger charge is -2.19. The molecule has 1 aromatic carbocycles. The van der Waals surface area contributed by atoms with Crippen LogP contribution in [0.2, 0.25) is 0 Å². The van der Waals surface area contributed by atoms with E-state index in [1.54, 1.807) is 12.1 Å². The van der Waals surface area contributed by atoms with Crippen LogP contribution in [0.15, 0.2) is 24.3 Å². The Hall–Kier alpha value is -2.54. The molecule has 7 heteroatoms. The first-order valence-electron chi connectivity index (χ1n) is 8.86. The zero-order valence-corrected chi connectivity index (χ0v) is 16.8. The van der Waals surface area contributed by atoms with Gasteiger partial charge in [-0.1, -0.05) is 12.1 Å². The summed E-state index contributed by atoms with van der Waals surface area (Å²) in [5.41, 5.74) is 2.39. The minimum Gasteiger partial charge on any atom is -0.372 e. The van der Waals surface area contributed by atoms with Crippen LogP contribution in [0.1, 0.15) is 33.2 Å². The maximum Gasteiger partial charge on any atom is 0.261 e. The number of nitrogens with zero attached hydrogens (tertiary/aromatic N) is 3. The van der Waals surface area contributed by atoms with E-state index in [9.17, 15) is 9.18 Å². The molecule has 142 valence electrons. The van der Waals surface area contributed by atoms with Gasteiger partial charge in [0, 0.05) is 31.2 Å². The van der Waals surface area contributed by atoms with Gasteiger partial charge in [0.05, 0.1) is 10.6 Å². The first-order valence-corrected chi connectivity index (χ1v) is 9.68. The molecule has 0 bridgehead atoms. The highest BCUT2D eigenvalue weighted by Crippen LogP contribution is 2.31. The van der Waals surface area contributed by atoms with Gasteiger partial charge in [0.15, 0.2) is 0 Å². The topological polar surface area (TPSA) is 58.1 Å². The Kier molecular flexibility index (Phi) is 5.70. The van der Waals surface area contributed by atoms with Crippen molar-refractivity contribution >= 4 is 33.1 Å². The molecule has 0 atom stereocenters. The summed E-state index contributed by atoms with van der Waals surface area (Å²) in [6.45, 7) is 6.90. The summed E-state index contributed by atoms with van der Waals surface area (Å²) in [5.74, 6) is 0.377. The van der Waals surface area contributed by atoms with E-state index in [1.165, 1.54) is 17.4 Å². The van der Waals surface area contributed by atoms with E-state index in [2.05, 4.69) is 15.3 Å². The van der Waals surface area contributed by atoms with Gasteiger partial charge in [-0.25, -0.2) is 14.4 Å². The summed E-state index contributed by atoms with van der Waals surface area (Å²) < 4.78 is 13.8. The number of para-hydroxylation sites is 1. The van der Waals surface area contributed by atoms with Gasteiger partial charge >= 0.3 is 0 Å². The van der Waals surface area contributed by atoms with E-state index < -0.39 is 0 Å². The Labute approximate surface area is 162 Å². The van der Waals surface area contributed by atoms with Gasteiger partial charge in [-0.2, -0.15) is 0 Å². The van der Waals surface area contributed by atoms with Gasteiger partial charge in [0.25, 0.3) is 5.91 Å². The monoisotopic (exact) mass is 386 g/mol. The molecule has 0 aliphatic rings. The molecule has 27 heavy (non-hydrogen) atoms. The summed E-state index contributed by atoms with van der Waals surface area (Å²) in [7, 11) is 1.85. The SMILES string of the molecule is Cc1nc(C)c2c(C)c(C(=O)NCCCN(C)c3ccccc3F)sc2n1. The fourth-order valence-corrected chi connectivity index (χ4v) is 4.36. The van der Waals surface area contributed by atoms with Crippen LogP contribution in [-0.4, -0.2) is 36.0 Å². The molecule has 0 saturated carbocycles. The predicted molar refractivity (Wildman–Crippen MR) is 108 cm³/mol. The smallest absolute Gasteiger partial charge is 0.261 e. The molecule has 5 nitrogen and oxygen atoms in total. The second kappa shape index (κ2) is 8.00. The molecule has 0 unspecified atom stereocenters. The fourth-order valence-electron chi connectivity index (χ4n) is 3.17. The number of benzene rings is 1. The number of carbonyl (C=O) groups excluding carboxylic acids is 1. The average Bonchev–Trinajstić information content (AvgIpc) is 2.95. The third-order valence-electron chi connectivity index (χ3n) is 4.51. The number of amides is 1. The van der Waals surface area contributed by atoms with E-state index >= 15 is 0 Å². The zero-order valence-electron chi connectivity index (χ0n) is 16.0. The highest BCUT2D eigenvalue weighted by Gasteiger charge is 2.18. The number of halogens is 1. The molecule has 0 spiro atoms. The van der Waals surface area contributed by atoms with Crippen molar-refractivity contribution in [2.45, 2.75) is 27.2 Å². The molecule has 0 fully saturated rings. The summed E-state index contributed by atoms with van der Waals surface area (Å²) in [5, 5.41) is 3.93. The molecular formula is C20H23FN4OS. The molecule has 1 amide bonds. The Balaban J connectivity index is 1.60. The largest absolute Gasteiger partial charge is 0.372 e. The van der Waals surface area contributed by atoms with Crippen molar-refractivity contribution in [2.24, 2.45) is 0 Å². The van der Waals surface area contributed by atoms with E-state index in [0.717, 1.165) is 27.9 Å². The van der Waals surface area contributed by atoms with Crippen LogP contribution in [0.3, 0.4) is 0 Å². The quantitative estimate of drug-likeness (QED) is 0.650. The lowest BCUT2D eigenvalue weighted by molar-refractivity contribution is 0.0957. The Morgan fingerprint density at radius 2 is 1.96 bits per heavy atom. The van der Waals surface area contributed by atoms with Crippen molar-refractivity contribution in [3.05, 3.63) is 52.0 Å². The number of fused-ring (bicyclic) bond motifs is 1. The minimum absolute atomic E-state index is 0.0962. The second-order valence-corrected chi connectivity index (χ2v) is 7.57. The molecular weight excluding hydrogens is 363 g/mol. The third-order valence-corrected chi connectivity index (χ3v) is 5.69. The molecule has 2 heterocycles. The van der Waals surface area contributed by atoms with Crippen LogP contribution in [0, 0.1) is 26.6 Å². The number of rotatable bonds is 6. The van der Waals surface area contributed by atoms with Crippen LogP contribution in [0.5, 0.6) is 0 Å². The molecule has 0 radical (unpaired) electrons. The van der Waals surface area contributed by atoms with E-state index in [0.29, 0.717) is 29.5 Å². The molecule has 3 aromatic rings. The number of nitrogens with one attached hydrogen (secondary N) is 1. The van der Waals surface area contributed by atoms with Crippen LogP contribution in [0.4, 0.5) is 10.1 Å². The Morgan fingerprint density at radius 3 is 2.70 bits per heavy atom. The lowest BCUT2D eigenvalue weighted by Crippen LogP contribution is -2.28. The number of hydrogen-bond donors (Lipinski definition) is 1. The van der Waals surface area contributed by atoms with Crippen molar-refractivity contribution in [1.29, 1.82) is 0 Å². The van der Waals surface area contributed by atoms with Gasteiger partial charge in [0.2, 0.25) is 0 Å². The average molecular weight is 386 g/mol. The third kappa shape index (κ3) is 4.08. The molecule has 0 aliphatic carbocycles. The fraction of sp³-hybridized carbons (Fsp3) is 0.350. The van der Waals surface area contributed by atoms with Crippen LogP contribution < -0.4 is 10.2 Å². The van der Waals surface area contributed by atoms with E-state index in [1.807, 2.05) is 38.8 Å². The van der Waals surface area contributed by atoms with Crippen LogP contribution >= 0.6 is 11.3 Å². The van der Waals surface area contributed by atoms with Crippen molar-refractivity contribution in [2.75, 3.05) is 25.0 Å². The van der Waals surface area contributed by atoms with Crippen molar-refractivity contribution in [1.82, 2.24) is 15.3 Å². The maximum atomic E-state index is 13.8. The minimum atomic E-state index is -0.239. The summed E-state index contributed by atoms with van der Waals surface area (Å²) >= 11 is 1.40. The predicted octanol–water partition coefficient (Wildman–Crippen LogP) is 4.01. The van der Waals surface area contributed by atoms with E-state index in [-0.39, 0.29) is 11.7 Å². The Morgan fingerprint density at radius 1 is 1.22 bits per heavy atom. The molecule has 2 aromatic heterocycles. The first-order chi connectivity index (χ1) is 12.9. The highest BCUT2D eigenvalue weighted by molar-refractivity contribution is 7.20. The lowest BCUT2D eigenvalue weighted by atomic mass is 10.1. The molecule has 3 rings (SSSR count). The summed E-state index contributed by atoms with van der Waals surface area (Å²) in [6.07, 6.45) is 0.721. The molecule has 0 aliphatic heterocycles. The Bertz CT molecular complexity index is 986. The van der Waals surface area contributed by atoms with E-state index in [4.69, 9.17) is 0 Å². The van der Waals surface area contributed by atoms with Crippen molar-refractivity contribution in [3.8, 4) is 0 Å². The van der Waals surface area contributed by atoms with Gasteiger partial charge in [0.1, 0.15) is 16.5 Å². The summed E-state index contributed by atoms with van der Waals surface area (Å²) in [4.78, 5) is 24.8. The maximum absolute atomic E-state index is 13.8. The second-order valence-electron chi connectivity index (χ2n) is 6.57.